The Balaban J connectivity index is 1.44. The third-order valence-corrected chi connectivity index (χ3v) is 5.42. The van der Waals surface area contributed by atoms with Gasteiger partial charge in [-0.05, 0) is 19.1 Å². The molecule has 0 unspecified atom stereocenters. The number of piperazine rings is 1. The maximum atomic E-state index is 12.2. The molecule has 0 radical (unpaired) electrons. The number of hydrogen-bond acceptors (Lipinski definition) is 8. The molecule has 28 heavy (non-hydrogen) atoms. The fourth-order valence-electron chi connectivity index (χ4n) is 3.49. The summed E-state index contributed by atoms with van der Waals surface area (Å²) in [6.07, 6.45) is 0. The van der Waals surface area contributed by atoms with Gasteiger partial charge in [0.15, 0.2) is 0 Å². The van der Waals surface area contributed by atoms with Crippen LogP contribution in [0.1, 0.15) is 5.69 Å². The van der Waals surface area contributed by atoms with Gasteiger partial charge in [-0.15, -0.1) is 10.2 Å². The van der Waals surface area contributed by atoms with Gasteiger partial charge in [-0.1, -0.05) is 23.5 Å². The summed E-state index contributed by atoms with van der Waals surface area (Å²) in [7, 11) is 1.67. The van der Waals surface area contributed by atoms with E-state index < -0.39 is 0 Å². The molecule has 0 saturated carbocycles. The van der Waals surface area contributed by atoms with Crippen LogP contribution in [0, 0.1) is 6.92 Å². The maximum absolute atomic E-state index is 12.2. The smallest absolute Gasteiger partial charge is 0.240 e. The molecule has 3 aromatic rings. The number of amides is 1. The van der Waals surface area contributed by atoms with Crippen LogP contribution < -0.4 is 15.0 Å². The topological polar surface area (TPSA) is 83.5 Å². The van der Waals surface area contributed by atoms with Crippen LogP contribution in [-0.2, 0) is 4.79 Å². The molecule has 1 N–H and O–H groups in total. The van der Waals surface area contributed by atoms with Crippen LogP contribution in [0.3, 0.4) is 0 Å². The van der Waals surface area contributed by atoms with E-state index in [1.807, 2.05) is 19.1 Å². The van der Waals surface area contributed by atoms with E-state index in [1.54, 1.807) is 12.6 Å². The molecule has 1 saturated heterocycles. The molecule has 1 aliphatic rings. The number of benzene rings is 1. The minimum atomic E-state index is -0.0554. The lowest BCUT2D eigenvalue weighted by molar-refractivity contribution is -0.117. The zero-order chi connectivity index (χ0) is 19.5. The molecule has 2 aromatic heterocycles. The van der Waals surface area contributed by atoms with E-state index in [0.717, 1.165) is 48.5 Å². The Kier molecular flexibility index (Phi) is 5.36. The summed E-state index contributed by atoms with van der Waals surface area (Å²) in [4.78, 5) is 21.4. The largest absolute Gasteiger partial charge is 0.494 e. The number of anilines is 2. The summed E-state index contributed by atoms with van der Waals surface area (Å²) in [5.41, 5.74) is 4.62. The molecule has 1 aliphatic heterocycles. The van der Waals surface area contributed by atoms with E-state index in [4.69, 9.17) is 4.74 Å². The molecular formula is C19H22N6O2S. The highest BCUT2D eigenvalue weighted by molar-refractivity contribution is 7.13. The molecular weight excluding hydrogens is 376 g/mol. The zero-order valence-electron chi connectivity index (χ0n) is 15.9. The van der Waals surface area contributed by atoms with Crippen LogP contribution in [0.4, 0.5) is 10.8 Å². The van der Waals surface area contributed by atoms with Gasteiger partial charge in [-0.3, -0.25) is 15.0 Å². The first-order valence-electron chi connectivity index (χ1n) is 9.12. The van der Waals surface area contributed by atoms with Crippen molar-refractivity contribution in [3.8, 4) is 5.75 Å². The van der Waals surface area contributed by atoms with Gasteiger partial charge in [0.2, 0.25) is 11.0 Å². The molecule has 0 atom stereocenters. The average molecular weight is 398 g/mol. The van der Waals surface area contributed by atoms with Gasteiger partial charge in [-0.2, -0.15) is 0 Å². The molecule has 146 valence electrons. The number of ether oxygens (including phenoxy) is 1. The number of aromatic nitrogens is 3. The van der Waals surface area contributed by atoms with Crippen molar-refractivity contribution < 1.29 is 9.53 Å². The number of aryl methyl sites for hydroxylation is 1. The molecule has 1 amide bonds. The molecule has 4 rings (SSSR count). The number of carbonyl (C=O) groups is 1. The summed E-state index contributed by atoms with van der Waals surface area (Å²) in [6.45, 7) is 5.69. The van der Waals surface area contributed by atoms with Gasteiger partial charge in [0.25, 0.3) is 0 Å². The first-order chi connectivity index (χ1) is 13.6. The van der Waals surface area contributed by atoms with Crippen LogP contribution in [0.25, 0.3) is 10.9 Å². The summed E-state index contributed by atoms with van der Waals surface area (Å²) < 4.78 is 5.49. The Labute approximate surface area is 167 Å². The number of pyridine rings is 1. The Morgan fingerprint density at radius 1 is 1.29 bits per heavy atom. The predicted octanol–water partition coefficient (Wildman–Crippen LogP) is 2.16. The summed E-state index contributed by atoms with van der Waals surface area (Å²) >= 11 is 1.32. The van der Waals surface area contributed by atoms with Crippen molar-refractivity contribution in [2.24, 2.45) is 0 Å². The standard InChI is InChI=1S/C19H22N6O2S/c1-13-10-15(14-4-3-5-16(27-2)18(14)21-13)25-8-6-24(7-9-25)11-17(26)22-19-23-20-12-28-19/h3-5,10,12H,6-9,11H2,1-2H3,(H,22,23,26). The number of fused-ring (bicyclic) bond motifs is 1. The van der Waals surface area contributed by atoms with E-state index in [2.05, 4.69) is 42.4 Å². The Bertz CT molecular complexity index is 970. The number of nitrogens with zero attached hydrogens (tertiary/aromatic N) is 5. The fourth-order valence-corrected chi connectivity index (χ4v) is 3.95. The van der Waals surface area contributed by atoms with Crippen LogP contribution in [0.2, 0.25) is 0 Å². The highest BCUT2D eigenvalue weighted by atomic mass is 32.1. The molecule has 1 aromatic carbocycles. The first kappa shape index (κ1) is 18.6. The van der Waals surface area contributed by atoms with Crippen molar-refractivity contribution in [3.63, 3.8) is 0 Å². The van der Waals surface area contributed by atoms with Crippen molar-refractivity contribution in [2.75, 3.05) is 50.1 Å². The second-order valence-electron chi connectivity index (χ2n) is 6.69. The fraction of sp³-hybridized carbons (Fsp3) is 0.368. The van der Waals surface area contributed by atoms with Crippen molar-refractivity contribution in [1.82, 2.24) is 20.1 Å². The Hall–Kier alpha value is -2.78. The van der Waals surface area contributed by atoms with Crippen LogP contribution >= 0.6 is 11.3 Å². The lowest BCUT2D eigenvalue weighted by Crippen LogP contribution is -2.48. The third kappa shape index (κ3) is 3.90. The second kappa shape index (κ2) is 8.07. The molecule has 9 heteroatoms. The van der Waals surface area contributed by atoms with Crippen LogP contribution in [0.15, 0.2) is 29.8 Å². The lowest BCUT2D eigenvalue weighted by Gasteiger charge is -2.36. The highest BCUT2D eigenvalue weighted by Crippen LogP contribution is 2.32. The zero-order valence-corrected chi connectivity index (χ0v) is 16.7. The number of rotatable bonds is 5. The van der Waals surface area contributed by atoms with E-state index in [0.29, 0.717) is 11.7 Å². The minimum Gasteiger partial charge on any atom is -0.494 e. The number of para-hydroxylation sites is 1. The number of carbonyl (C=O) groups excluding carboxylic acids is 1. The van der Waals surface area contributed by atoms with E-state index >= 15 is 0 Å². The quantitative estimate of drug-likeness (QED) is 0.705. The van der Waals surface area contributed by atoms with E-state index in [1.165, 1.54) is 17.0 Å². The normalized spacial score (nSPS) is 15.0. The summed E-state index contributed by atoms with van der Waals surface area (Å²) in [5.74, 6) is 0.731. The second-order valence-corrected chi connectivity index (χ2v) is 7.53. The van der Waals surface area contributed by atoms with Crippen LogP contribution in [0.5, 0.6) is 5.75 Å². The van der Waals surface area contributed by atoms with Gasteiger partial charge in [0.05, 0.1) is 13.7 Å². The van der Waals surface area contributed by atoms with Crippen molar-refractivity contribution in [3.05, 3.63) is 35.5 Å². The van der Waals surface area contributed by atoms with Crippen molar-refractivity contribution in [1.29, 1.82) is 0 Å². The number of methoxy groups -OCH3 is 1. The van der Waals surface area contributed by atoms with Crippen molar-refractivity contribution in [2.45, 2.75) is 6.92 Å². The SMILES string of the molecule is COc1cccc2c(N3CCN(CC(=O)Nc4nncs4)CC3)cc(C)nc12. The van der Waals surface area contributed by atoms with Gasteiger partial charge < -0.3 is 9.64 Å². The molecule has 3 heterocycles. The molecule has 0 bridgehead atoms. The van der Waals surface area contributed by atoms with Gasteiger partial charge in [0.1, 0.15) is 16.8 Å². The van der Waals surface area contributed by atoms with Crippen LogP contribution in [-0.4, -0.2) is 65.8 Å². The molecule has 0 spiro atoms. The van der Waals surface area contributed by atoms with E-state index in [9.17, 15) is 4.79 Å². The number of nitrogens with one attached hydrogen (secondary N) is 1. The summed E-state index contributed by atoms with van der Waals surface area (Å²) in [6, 6.07) is 8.14. The van der Waals surface area contributed by atoms with Crippen molar-refractivity contribution >= 4 is 39.0 Å². The van der Waals surface area contributed by atoms with E-state index in [-0.39, 0.29) is 5.91 Å². The van der Waals surface area contributed by atoms with Gasteiger partial charge in [0, 0.05) is 42.9 Å². The first-order valence-corrected chi connectivity index (χ1v) is 9.99. The van der Waals surface area contributed by atoms with Gasteiger partial charge >= 0.3 is 0 Å². The predicted molar refractivity (Wildman–Crippen MR) is 110 cm³/mol. The maximum Gasteiger partial charge on any atom is 0.240 e. The lowest BCUT2D eigenvalue weighted by atomic mass is 10.1. The molecule has 0 aliphatic carbocycles. The Morgan fingerprint density at radius 2 is 2.11 bits per heavy atom. The molecule has 1 fully saturated rings. The minimum absolute atomic E-state index is 0.0554. The third-order valence-electron chi connectivity index (χ3n) is 4.82. The summed E-state index contributed by atoms with van der Waals surface area (Å²) in [5, 5.41) is 12.0. The highest BCUT2D eigenvalue weighted by Gasteiger charge is 2.22. The Morgan fingerprint density at radius 3 is 2.82 bits per heavy atom. The average Bonchev–Trinajstić information content (AvgIpc) is 3.20. The molecule has 8 nitrogen and oxygen atoms in total. The monoisotopic (exact) mass is 398 g/mol. The van der Waals surface area contributed by atoms with Gasteiger partial charge in [-0.25, -0.2) is 4.98 Å². The number of hydrogen-bond donors (Lipinski definition) is 1.